The number of hydrogen-bond acceptors (Lipinski definition) is 4. The van der Waals surface area contributed by atoms with Gasteiger partial charge < -0.3 is 5.11 Å². The Morgan fingerprint density at radius 3 is 2.67 bits per heavy atom. The topological polar surface area (TPSA) is 38.0 Å². The Kier molecular flexibility index (Phi) is 6.79. The Hall–Kier alpha value is 0.160. The lowest BCUT2D eigenvalue weighted by Crippen LogP contribution is -2.37. The molecule has 1 aliphatic rings. The Balaban J connectivity index is 2.14. The van der Waals surface area contributed by atoms with Gasteiger partial charge in [0.1, 0.15) is 0 Å². The largest absolute Gasteiger partial charge is 0.392 e. The molecule has 120 valence electrons. The summed E-state index contributed by atoms with van der Waals surface area (Å²) in [5.41, 5.74) is 1.94. The van der Waals surface area contributed by atoms with Gasteiger partial charge in [-0.2, -0.15) is 28.6 Å². The lowest BCUT2D eigenvalue weighted by Gasteiger charge is -2.33. The van der Waals surface area contributed by atoms with Crippen molar-refractivity contribution < 1.29 is 5.11 Å². The smallest absolute Gasteiger partial charge is 0.0850 e. The van der Waals surface area contributed by atoms with E-state index in [2.05, 4.69) is 25.9 Å². The van der Waals surface area contributed by atoms with Crippen LogP contribution in [0.15, 0.2) is 0 Å². The third-order valence-electron chi connectivity index (χ3n) is 3.97. The molecule has 2 rings (SSSR count). The molecule has 0 bridgehead atoms. The lowest BCUT2D eigenvalue weighted by atomic mass is 10.1. The molecule has 3 unspecified atom stereocenters. The number of aromatic nitrogens is 2. The van der Waals surface area contributed by atoms with Gasteiger partial charge in [-0.15, -0.1) is 0 Å². The molecule has 3 nitrogen and oxygen atoms in total. The van der Waals surface area contributed by atoms with E-state index in [9.17, 15) is 5.11 Å². The van der Waals surface area contributed by atoms with Crippen LogP contribution >= 0.6 is 35.1 Å². The molecule has 0 amide bonds. The number of aliphatic hydroxyl groups excluding tert-OH is 1. The Bertz CT molecular complexity index is 467. The molecule has 1 fully saturated rings. The highest BCUT2D eigenvalue weighted by molar-refractivity contribution is 8.07. The van der Waals surface area contributed by atoms with Crippen LogP contribution in [0.3, 0.4) is 0 Å². The monoisotopic (exact) mass is 348 g/mol. The average Bonchev–Trinajstić information content (AvgIpc) is 2.83. The summed E-state index contributed by atoms with van der Waals surface area (Å²) in [5.74, 6) is 2.32. The summed E-state index contributed by atoms with van der Waals surface area (Å²) >= 11 is 10.4. The minimum atomic E-state index is -0.350. The van der Waals surface area contributed by atoms with Crippen molar-refractivity contribution in [1.82, 2.24) is 9.78 Å². The first-order chi connectivity index (χ1) is 10.1. The predicted octanol–water partition coefficient (Wildman–Crippen LogP) is 3.65. The van der Waals surface area contributed by atoms with Gasteiger partial charge in [0.25, 0.3) is 0 Å². The standard InChI is InChI=1S/C15H25ClN2OS2/c1-4-10-14(16)11(18(6-3)17-10)9-12(19)15-13(5-2)20-7-8-21-15/h12-13,15,19H,4-9H2,1-3H3. The number of halogens is 1. The van der Waals surface area contributed by atoms with E-state index < -0.39 is 0 Å². The zero-order valence-corrected chi connectivity index (χ0v) is 15.4. The Morgan fingerprint density at radius 2 is 2.05 bits per heavy atom. The molecular weight excluding hydrogens is 324 g/mol. The maximum absolute atomic E-state index is 10.7. The van der Waals surface area contributed by atoms with Gasteiger partial charge in [0.2, 0.25) is 0 Å². The van der Waals surface area contributed by atoms with E-state index in [0.717, 1.165) is 41.5 Å². The van der Waals surface area contributed by atoms with Gasteiger partial charge in [0.15, 0.2) is 0 Å². The Morgan fingerprint density at radius 1 is 1.33 bits per heavy atom. The second-order valence-electron chi connectivity index (χ2n) is 5.30. The van der Waals surface area contributed by atoms with E-state index in [1.165, 1.54) is 5.75 Å². The van der Waals surface area contributed by atoms with Crippen LogP contribution in [0, 0.1) is 0 Å². The van der Waals surface area contributed by atoms with E-state index >= 15 is 0 Å². The van der Waals surface area contributed by atoms with E-state index in [4.69, 9.17) is 11.6 Å². The molecule has 1 aromatic rings. The molecule has 2 heterocycles. The molecule has 0 spiro atoms. The van der Waals surface area contributed by atoms with Crippen molar-refractivity contribution in [2.45, 2.75) is 63.2 Å². The first-order valence-corrected chi connectivity index (χ1v) is 10.2. The number of aryl methyl sites for hydroxylation is 2. The van der Waals surface area contributed by atoms with E-state index in [-0.39, 0.29) is 6.10 Å². The molecule has 0 saturated carbocycles. The third kappa shape index (κ3) is 3.92. The molecule has 0 aromatic carbocycles. The summed E-state index contributed by atoms with van der Waals surface area (Å²) < 4.78 is 1.95. The maximum atomic E-state index is 10.7. The van der Waals surface area contributed by atoms with Crippen molar-refractivity contribution >= 4 is 35.1 Å². The molecule has 3 atom stereocenters. The fraction of sp³-hybridized carbons (Fsp3) is 0.800. The normalized spacial score (nSPS) is 24.2. The van der Waals surface area contributed by atoms with Gasteiger partial charge in [-0.1, -0.05) is 25.4 Å². The average molecular weight is 349 g/mol. The third-order valence-corrected chi connectivity index (χ3v) is 7.80. The second kappa shape index (κ2) is 8.14. The van der Waals surface area contributed by atoms with Gasteiger partial charge in [-0.05, 0) is 19.8 Å². The summed E-state index contributed by atoms with van der Waals surface area (Å²) in [4.78, 5) is 0. The van der Waals surface area contributed by atoms with Crippen LogP contribution in [0.25, 0.3) is 0 Å². The molecule has 1 N–H and O–H groups in total. The lowest BCUT2D eigenvalue weighted by molar-refractivity contribution is 0.166. The van der Waals surface area contributed by atoms with E-state index in [0.29, 0.717) is 16.9 Å². The number of hydrogen-bond donors (Lipinski definition) is 1. The number of aliphatic hydroxyl groups is 1. The van der Waals surface area contributed by atoms with E-state index in [1.807, 2.05) is 28.2 Å². The van der Waals surface area contributed by atoms with Crippen LogP contribution in [-0.4, -0.2) is 43.0 Å². The number of thioether (sulfide) groups is 2. The minimum Gasteiger partial charge on any atom is -0.392 e. The molecule has 1 aliphatic heterocycles. The summed E-state index contributed by atoms with van der Waals surface area (Å²) in [6.07, 6.45) is 2.20. The van der Waals surface area contributed by atoms with Crippen LogP contribution in [0.2, 0.25) is 5.02 Å². The minimum absolute atomic E-state index is 0.301. The van der Waals surface area contributed by atoms with Crippen LogP contribution in [0.5, 0.6) is 0 Å². The fourth-order valence-electron chi connectivity index (χ4n) is 2.82. The number of nitrogens with zero attached hydrogens (tertiary/aromatic N) is 2. The summed E-state index contributed by atoms with van der Waals surface area (Å²) in [6, 6.07) is 0. The van der Waals surface area contributed by atoms with Gasteiger partial charge in [-0.3, -0.25) is 4.68 Å². The molecule has 0 radical (unpaired) electrons. The quantitative estimate of drug-likeness (QED) is 0.851. The molecule has 1 aromatic heterocycles. The van der Waals surface area contributed by atoms with Crippen LogP contribution < -0.4 is 0 Å². The zero-order chi connectivity index (χ0) is 15.4. The zero-order valence-electron chi connectivity index (χ0n) is 13.0. The number of rotatable bonds is 6. The van der Waals surface area contributed by atoms with Crippen molar-refractivity contribution in [2.75, 3.05) is 11.5 Å². The molecule has 6 heteroatoms. The van der Waals surface area contributed by atoms with Crippen molar-refractivity contribution in [3.05, 3.63) is 16.4 Å². The molecule has 21 heavy (non-hydrogen) atoms. The molecular formula is C15H25ClN2OS2. The van der Waals surface area contributed by atoms with Crippen molar-refractivity contribution in [3.8, 4) is 0 Å². The van der Waals surface area contributed by atoms with Gasteiger partial charge in [-0.25, -0.2) is 0 Å². The second-order valence-corrected chi connectivity index (χ2v) is 8.31. The van der Waals surface area contributed by atoms with Crippen LogP contribution in [0.1, 0.15) is 38.6 Å². The predicted molar refractivity (Wildman–Crippen MR) is 94.8 cm³/mol. The van der Waals surface area contributed by atoms with Crippen molar-refractivity contribution in [2.24, 2.45) is 0 Å². The van der Waals surface area contributed by atoms with Gasteiger partial charge >= 0.3 is 0 Å². The van der Waals surface area contributed by atoms with Gasteiger partial charge in [0.05, 0.1) is 22.5 Å². The summed E-state index contributed by atoms with van der Waals surface area (Å²) in [5, 5.41) is 16.9. The van der Waals surface area contributed by atoms with Crippen molar-refractivity contribution in [3.63, 3.8) is 0 Å². The first kappa shape index (κ1) is 17.5. The van der Waals surface area contributed by atoms with Crippen molar-refractivity contribution in [1.29, 1.82) is 0 Å². The molecule has 0 aliphatic carbocycles. The highest BCUT2D eigenvalue weighted by Crippen LogP contribution is 2.36. The van der Waals surface area contributed by atoms with Crippen LogP contribution in [0.4, 0.5) is 0 Å². The Labute approximate surface area is 141 Å². The SMILES string of the molecule is CCc1nn(CC)c(CC(O)C2SCCSC2CC)c1Cl. The summed E-state index contributed by atoms with van der Waals surface area (Å²) in [7, 11) is 0. The highest BCUT2D eigenvalue weighted by Gasteiger charge is 2.32. The van der Waals surface area contributed by atoms with Gasteiger partial charge in [0, 0.05) is 35.0 Å². The summed E-state index contributed by atoms with van der Waals surface area (Å²) in [6.45, 7) is 7.14. The molecule has 1 saturated heterocycles. The van der Waals surface area contributed by atoms with E-state index in [1.54, 1.807) is 0 Å². The van der Waals surface area contributed by atoms with Crippen LogP contribution in [-0.2, 0) is 19.4 Å². The fourth-order valence-corrected chi connectivity index (χ4v) is 6.32. The first-order valence-electron chi connectivity index (χ1n) is 7.77. The maximum Gasteiger partial charge on any atom is 0.0850 e. The highest BCUT2D eigenvalue weighted by atomic mass is 35.5.